The predicted octanol–water partition coefficient (Wildman–Crippen LogP) is 9.59. The van der Waals surface area contributed by atoms with Crippen molar-refractivity contribution in [2.45, 2.75) is 87.1 Å². The van der Waals surface area contributed by atoms with Crippen LogP contribution < -0.4 is 5.73 Å². The smallest absolute Gasteiger partial charge is 0.307 e. The first kappa shape index (κ1) is 41.0. The molecule has 0 heterocycles. The Morgan fingerprint density at radius 3 is 1.38 bits per heavy atom. The molecule has 4 aromatic carbocycles. The van der Waals surface area contributed by atoms with E-state index in [4.69, 9.17) is 25.7 Å². The van der Waals surface area contributed by atoms with Crippen molar-refractivity contribution in [2.75, 3.05) is 13.2 Å². The lowest BCUT2D eigenvalue weighted by atomic mass is 9.88. The molecule has 0 aliphatic carbocycles. The van der Waals surface area contributed by atoms with Gasteiger partial charge in [-0.25, -0.2) is 8.78 Å². The van der Waals surface area contributed by atoms with Gasteiger partial charge < -0.3 is 15.2 Å². The van der Waals surface area contributed by atoms with Crippen LogP contribution >= 0.6 is 0 Å². The molecule has 0 spiro atoms. The number of carbonyl (C=O) groups excluding carboxylic acids is 2. The molecule has 2 atom stereocenters. The molecule has 272 valence electrons. The Labute approximate surface area is 306 Å². The maximum Gasteiger partial charge on any atom is 0.307 e. The minimum atomic E-state index is -0.785. The van der Waals surface area contributed by atoms with Gasteiger partial charge in [0.05, 0.1) is 49.3 Å². The van der Waals surface area contributed by atoms with Gasteiger partial charge in [-0.15, -0.1) is 0 Å². The molecule has 0 saturated carbocycles. The molecule has 0 amide bonds. The van der Waals surface area contributed by atoms with E-state index in [9.17, 15) is 18.4 Å². The van der Waals surface area contributed by atoms with Crippen LogP contribution in [0.15, 0.2) is 48.5 Å². The Kier molecular flexibility index (Phi) is 14.4. The lowest BCUT2D eigenvalue weighted by Crippen LogP contribution is -2.19. The Morgan fingerprint density at radius 2 is 1.00 bits per heavy atom. The molecule has 0 aliphatic heterocycles. The third-order valence-electron chi connectivity index (χ3n) is 8.87. The van der Waals surface area contributed by atoms with Gasteiger partial charge in [0.1, 0.15) is 11.6 Å². The lowest BCUT2D eigenvalue weighted by molar-refractivity contribution is -0.144. The van der Waals surface area contributed by atoms with E-state index in [2.05, 4.69) is 12.1 Å². The SMILES string of the molecule is CCOC(=O)C[C@H](C)c1cc(-c2c(C)cc(C#N)cc2C)cc(C)c1F.CCOC(=O)C[C@H](N)c1cc(-c2c(C)cc(C#N)cc2C)cc(C)c1F. The topological polar surface area (TPSA) is 126 Å². The van der Waals surface area contributed by atoms with Gasteiger partial charge in [0, 0.05) is 11.6 Å². The van der Waals surface area contributed by atoms with Crippen molar-refractivity contribution in [2.24, 2.45) is 5.73 Å². The zero-order valence-corrected chi connectivity index (χ0v) is 31.5. The van der Waals surface area contributed by atoms with E-state index >= 15 is 0 Å². The number of halogens is 2. The van der Waals surface area contributed by atoms with E-state index in [1.807, 2.05) is 58.9 Å². The average Bonchev–Trinajstić information content (AvgIpc) is 3.07. The van der Waals surface area contributed by atoms with Gasteiger partial charge in [0.2, 0.25) is 0 Å². The summed E-state index contributed by atoms with van der Waals surface area (Å²) in [6.07, 6.45) is 0.0535. The second kappa shape index (κ2) is 18.2. The number of rotatable bonds is 10. The summed E-state index contributed by atoms with van der Waals surface area (Å²) in [5, 5.41) is 18.2. The minimum Gasteiger partial charge on any atom is -0.466 e. The quantitative estimate of drug-likeness (QED) is 0.163. The minimum absolute atomic E-state index is 0.0843. The predicted molar refractivity (Wildman–Crippen MR) is 199 cm³/mol. The van der Waals surface area contributed by atoms with Gasteiger partial charge >= 0.3 is 11.9 Å². The largest absolute Gasteiger partial charge is 0.466 e. The molecule has 52 heavy (non-hydrogen) atoms. The summed E-state index contributed by atoms with van der Waals surface area (Å²) in [6.45, 7) is 17.0. The van der Waals surface area contributed by atoms with Crippen molar-refractivity contribution in [3.8, 4) is 34.4 Å². The molecule has 0 aromatic heterocycles. The number of aryl methyl sites for hydroxylation is 6. The second-order valence-electron chi connectivity index (χ2n) is 13.1. The Balaban J connectivity index is 0.000000280. The molecule has 0 saturated heterocycles. The molecular formula is C43H47F2N3O4. The zero-order chi connectivity index (χ0) is 38.9. The molecular weight excluding hydrogens is 660 g/mol. The highest BCUT2D eigenvalue weighted by atomic mass is 19.1. The molecule has 0 fully saturated rings. The molecule has 0 unspecified atom stereocenters. The van der Waals surface area contributed by atoms with Crippen LogP contribution in [-0.2, 0) is 19.1 Å². The van der Waals surface area contributed by atoms with Gasteiger partial charge in [-0.05, 0) is 171 Å². The van der Waals surface area contributed by atoms with Gasteiger partial charge in [-0.2, -0.15) is 10.5 Å². The summed E-state index contributed by atoms with van der Waals surface area (Å²) in [5.41, 5.74) is 16.5. The van der Waals surface area contributed by atoms with Gasteiger partial charge in [-0.1, -0.05) is 6.92 Å². The van der Waals surface area contributed by atoms with Crippen molar-refractivity contribution in [1.29, 1.82) is 10.5 Å². The third kappa shape index (κ3) is 9.90. The van der Waals surface area contributed by atoms with Crippen LogP contribution in [0.5, 0.6) is 0 Å². The van der Waals surface area contributed by atoms with Crippen molar-refractivity contribution in [3.05, 3.63) is 116 Å². The van der Waals surface area contributed by atoms with E-state index in [1.54, 1.807) is 52.0 Å². The Hall–Kier alpha value is -5.38. The van der Waals surface area contributed by atoms with E-state index in [-0.39, 0.29) is 42.7 Å². The standard InChI is InChI=1S/C22H24FNO2.C21H23FN2O2/c1-6-26-20(25)10-13(2)19-11-18(9-16(5)22(19)23)21-14(3)7-17(12-24)8-15(21)4;1-5-26-19(25)10-18(24)17-9-16(8-14(4)21(17)22)20-12(2)6-15(11-23)7-13(20)3/h7-9,11,13H,6,10H2,1-5H3;6-9,18H,5,10,24H2,1-4H3/t13-;18-/m00/s1. The number of nitriles is 2. The van der Waals surface area contributed by atoms with E-state index in [0.29, 0.717) is 34.4 Å². The van der Waals surface area contributed by atoms with Crippen LogP contribution in [0, 0.1) is 75.8 Å². The maximum absolute atomic E-state index is 14.7. The number of nitrogens with two attached hydrogens (primary N) is 1. The zero-order valence-electron chi connectivity index (χ0n) is 31.5. The number of benzene rings is 4. The molecule has 4 rings (SSSR count). The summed E-state index contributed by atoms with van der Waals surface area (Å²) >= 11 is 0. The number of ether oxygens (including phenoxy) is 2. The molecule has 0 bridgehead atoms. The first-order valence-corrected chi connectivity index (χ1v) is 17.3. The fourth-order valence-corrected chi connectivity index (χ4v) is 6.57. The van der Waals surface area contributed by atoms with E-state index in [0.717, 1.165) is 44.5 Å². The molecule has 2 N–H and O–H groups in total. The molecule has 9 heteroatoms. The number of nitrogens with zero attached hydrogens (tertiary/aromatic N) is 2. The highest BCUT2D eigenvalue weighted by Crippen LogP contribution is 2.35. The van der Waals surface area contributed by atoms with Crippen LogP contribution in [0.1, 0.15) is 101 Å². The second-order valence-corrected chi connectivity index (χ2v) is 13.1. The summed E-state index contributed by atoms with van der Waals surface area (Å²) in [4.78, 5) is 23.5. The molecule has 7 nitrogen and oxygen atoms in total. The number of carbonyl (C=O) groups is 2. The summed E-state index contributed by atoms with van der Waals surface area (Å²) in [6, 6.07) is 17.9. The van der Waals surface area contributed by atoms with Gasteiger partial charge in [0.25, 0.3) is 0 Å². The van der Waals surface area contributed by atoms with Crippen LogP contribution in [0.4, 0.5) is 8.78 Å². The first-order valence-electron chi connectivity index (χ1n) is 17.3. The monoisotopic (exact) mass is 707 g/mol. The van der Waals surface area contributed by atoms with Gasteiger partial charge in [-0.3, -0.25) is 9.59 Å². The van der Waals surface area contributed by atoms with Crippen LogP contribution in [0.25, 0.3) is 22.3 Å². The van der Waals surface area contributed by atoms with E-state index < -0.39 is 17.8 Å². The van der Waals surface area contributed by atoms with Crippen LogP contribution in [-0.4, -0.2) is 25.2 Å². The first-order chi connectivity index (χ1) is 24.6. The third-order valence-corrected chi connectivity index (χ3v) is 8.87. The van der Waals surface area contributed by atoms with Crippen LogP contribution in [0.2, 0.25) is 0 Å². The number of hydrogen-bond donors (Lipinski definition) is 1. The van der Waals surface area contributed by atoms with Crippen molar-refractivity contribution >= 4 is 11.9 Å². The normalized spacial score (nSPS) is 11.7. The number of esters is 2. The lowest BCUT2D eigenvalue weighted by Gasteiger charge is -2.18. The highest BCUT2D eigenvalue weighted by molar-refractivity contribution is 5.76. The van der Waals surface area contributed by atoms with Crippen molar-refractivity contribution in [1.82, 2.24) is 0 Å². The van der Waals surface area contributed by atoms with E-state index in [1.165, 1.54) is 0 Å². The Bertz CT molecular complexity index is 1870. The maximum atomic E-state index is 14.7. The van der Waals surface area contributed by atoms with Crippen molar-refractivity contribution in [3.63, 3.8) is 0 Å². The van der Waals surface area contributed by atoms with Gasteiger partial charge in [0.15, 0.2) is 0 Å². The van der Waals surface area contributed by atoms with Crippen LogP contribution in [0.3, 0.4) is 0 Å². The number of hydrogen-bond acceptors (Lipinski definition) is 7. The fourth-order valence-electron chi connectivity index (χ4n) is 6.57. The fraction of sp³-hybridized carbons (Fsp3) is 0.349. The molecule has 0 radical (unpaired) electrons. The van der Waals surface area contributed by atoms with Crippen molar-refractivity contribution < 1.29 is 27.8 Å². The molecule has 4 aromatic rings. The molecule has 0 aliphatic rings. The summed E-state index contributed by atoms with van der Waals surface area (Å²) < 4.78 is 39.2. The summed E-state index contributed by atoms with van der Waals surface area (Å²) in [5.74, 6) is -1.75. The highest BCUT2D eigenvalue weighted by Gasteiger charge is 2.21. The average molecular weight is 708 g/mol. The summed E-state index contributed by atoms with van der Waals surface area (Å²) in [7, 11) is 0. The Morgan fingerprint density at radius 1 is 0.635 bits per heavy atom.